The van der Waals surface area contributed by atoms with Crippen molar-refractivity contribution in [3.05, 3.63) is 182 Å². The molecular weight excluding hydrogens is 755 g/mol. The largest absolute Gasteiger partial charge is 2.00 e. The first kappa shape index (κ1) is 32.1. The molecule has 0 aliphatic rings. The SMILES string of the molecule is [Pd+2].[c-]1c(Oc2[c-]c3c(cc2)c2ccccc2n2c(-c4ccccc4)c(-c4ccccc4)nc32)ccc2c1c1nc(-c3ccccc3)cn1c1ccccc21. The first-order valence-electron chi connectivity index (χ1n) is 17.7. The maximum absolute atomic E-state index is 6.63. The number of rotatable bonds is 5. The fourth-order valence-corrected chi connectivity index (χ4v) is 7.77. The molecule has 11 rings (SSSR count). The van der Waals surface area contributed by atoms with Crippen LogP contribution < -0.4 is 4.74 Å². The minimum Gasteiger partial charge on any atom is -0.497 e. The smallest absolute Gasteiger partial charge is 0.497 e. The van der Waals surface area contributed by atoms with E-state index in [1.165, 1.54) is 0 Å². The second-order valence-corrected chi connectivity index (χ2v) is 13.2. The Morgan fingerprint density at radius 2 is 0.963 bits per heavy atom. The van der Waals surface area contributed by atoms with E-state index in [0.717, 1.165) is 88.4 Å². The van der Waals surface area contributed by atoms with E-state index in [1.807, 2.05) is 42.5 Å². The van der Waals surface area contributed by atoms with Gasteiger partial charge in [0.2, 0.25) is 0 Å². The first-order chi connectivity index (χ1) is 26.3. The number of hydrogen-bond acceptors (Lipinski definition) is 3. The topological polar surface area (TPSA) is 43.8 Å². The average Bonchev–Trinajstić information content (AvgIpc) is 3.87. The molecule has 4 aromatic heterocycles. The molecule has 0 fully saturated rings. The van der Waals surface area contributed by atoms with Gasteiger partial charge in [0.15, 0.2) is 0 Å². The Labute approximate surface area is 324 Å². The molecule has 0 N–H and O–H groups in total. The van der Waals surface area contributed by atoms with Crippen LogP contribution >= 0.6 is 0 Å². The summed E-state index contributed by atoms with van der Waals surface area (Å²) in [6.07, 6.45) is 2.11. The minimum atomic E-state index is 0. The van der Waals surface area contributed by atoms with Gasteiger partial charge in [-0.2, -0.15) is 0 Å². The summed E-state index contributed by atoms with van der Waals surface area (Å²) in [5, 5.41) is 6.16. The number of hydrogen-bond donors (Lipinski definition) is 0. The Balaban J connectivity index is 0.00000361. The number of pyridine rings is 2. The normalized spacial score (nSPS) is 11.6. The van der Waals surface area contributed by atoms with E-state index in [9.17, 15) is 0 Å². The van der Waals surface area contributed by atoms with Gasteiger partial charge in [0.05, 0.1) is 28.4 Å². The van der Waals surface area contributed by atoms with Gasteiger partial charge in [-0.25, -0.2) is 0 Å². The summed E-state index contributed by atoms with van der Waals surface area (Å²) < 4.78 is 11.1. The summed E-state index contributed by atoms with van der Waals surface area (Å²) in [5.74, 6) is 1.17. The van der Waals surface area contributed by atoms with Gasteiger partial charge in [-0.1, -0.05) is 173 Å². The van der Waals surface area contributed by atoms with Gasteiger partial charge in [-0.05, 0) is 28.5 Å². The Kier molecular flexibility index (Phi) is 7.62. The summed E-state index contributed by atoms with van der Waals surface area (Å²) in [4.78, 5) is 10.5. The molecule has 5 nitrogen and oxygen atoms in total. The third-order valence-electron chi connectivity index (χ3n) is 10.1. The molecule has 0 amide bonds. The summed E-state index contributed by atoms with van der Waals surface area (Å²) >= 11 is 0. The number of benzene rings is 7. The molecule has 0 bridgehead atoms. The zero-order chi connectivity index (χ0) is 34.9. The molecule has 256 valence electrons. The average molecular weight is 783 g/mol. The fraction of sp³-hybridized carbons (Fsp3) is 0. The Morgan fingerprint density at radius 1 is 0.444 bits per heavy atom. The quantitative estimate of drug-likeness (QED) is 0.0992. The number of fused-ring (bicyclic) bond motifs is 12. The second-order valence-electron chi connectivity index (χ2n) is 13.2. The Bertz CT molecular complexity index is 3190. The van der Waals surface area contributed by atoms with Gasteiger partial charge < -0.3 is 13.5 Å². The van der Waals surface area contributed by atoms with Crippen LogP contribution in [-0.2, 0) is 20.4 Å². The monoisotopic (exact) mass is 782 g/mol. The number of nitrogens with zero attached hydrogens (tertiary/aromatic N) is 4. The molecule has 0 saturated carbocycles. The molecule has 0 saturated heterocycles. The predicted octanol–water partition coefficient (Wildman–Crippen LogP) is 12.0. The zero-order valence-corrected chi connectivity index (χ0v) is 30.2. The Morgan fingerprint density at radius 3 is 1.61 bits per heavy atom. The van der Waals surface area contributed by atoms with Crippen LogP contribution in [0.15, 0.2) is 170 Å². The molecule has 0 aliphatic heterocycles. The van der Waals surface area contributed by atoms with E-state index in [2.05, 4.69) is 148 Å². The molecule has 0 aliphatic carbocycles. The van der Waals surface area contributed by atoms with E-state index in [4.69, 9.17) is 14.7 Å². The van der Waals surface area contributed by atoms with Crippen LogP contribution in [-0.4, -0.2) is 18.8 Å². The molecule has 6 heteroatoms. The number of para-hydroxylation sites is 2. The van der Waals surface area contributed by atoms with Crippen molar-refractivity contribution < 1.29 is 25.2 Å². The molecule has 0 unspecified atom stereocenters. The van der Waals surface area contributed by atoms with Crippen LogP contribution in [0.3, 0.4) is 0 Å². The van der Waals surface area contributed by atoms with Gasteiger partial charge in [0.25, 0.3) is 0 Å². The predicted molar refractivity (Wildman–Crippen MR) is 214 cm³/mol. The van der Waals surface area contributed by atoms with Crippen LogP contribution in [0.4, 0.5) is 0 Å². The van der Waals surface area contributed by atoms with Crippen molar-refractivity contribution >= 4 is 54.6 Å². The maximum Gasteiger partial charge on any atom is 2.00 e. The Hall–Kier alpha value is -6.58. The summed E-state index contributed by atoms with van der Waals surface area (Å²) in [6.45, 7) is 0. The number of aromatic nitrogens is 4. The molecule has 4 heterocycles. The standard InChI is InChI=1S/C48H28N4O.Pd/c1-4-14-31(15-5-1)42-30-51-43-22-12-10-20-38(43)36-26-24-34(28-40(36)47(51)49-42)53-35-25-27-37-39-21-11-13-23-44(39)52-46(33-18-8-3-9-19-33)45(32-16-6-2-7-17-32)50-48(52)41(37)29-35;/h1-27,30H;/q-2;+2. The van der Waals surface area contributed by atoms with E-state index in [0.29, 0.717) is 11.5 Å². The van der Waals surface area contributed by atoms with E-state index < -0.39 is 0 Å². The van der Waals surface area contributed by atoms with Crippen molar-refractivity contribution in [2.75, 3.05) is 0 Å². The summed E-state index contributed by atoms with van der Waals surface area (Å²) in [5.41, 5.74) is 9.91. The maximum atomic E-state index is 6.63. The first-order valence-corrected chi connectivity index (χ1v) is 17.7. The van der Waals surface area contributed by atoms with Crippen LogP contribution in [0.25, 0.3) is 88.4 Å². The van der Waals surface area contributed by atoms with Gasteiger partial charge in [0.1, 0.15) is 0 Å². The summed E-state index contributed by atoms with van der Waals surface area (Å²) in [7, 11) is 0. The third-order valence-corrected chi connectivity index (χ3v) is 10.1. The number of imidazole rings is 2. The van der Waals surface area contributed by atoms with Gasteiger partial charge in [0, 0.05) is 39.9 Å². The van der Waals surface area contributed by atoms with Crippen LogP contribution in [0.2, 0.25) is 0 Å². The van der Waals surface area contributed by atoms with E-state index >= 15 is 0 Å². The minimum absolute atomic E-state index is 0. The van der Waals surface area contributed by atoms with E-state index in [1.54, 1.807) is 0 Å². The second kappa shape index (κ2) is 12.8. The van der Waals surface area contributed by atoms with Crippen molar-refractivity contribution in [1.29, 1.82) is 0 Å². The number of ether oxygens (including phenoxy) is 1. The van der Waals surface area contributed by atoms with Crippen LogP contribution in [0.1, 0.15) is 0 Å². The fourth-order valence-electron chi connectivity index (χ4n) is 7.77. The van der Waals surface area contributed by atoms with Crippen molar-refractivity contribution in [1.82, 2.24) is 18.8 Å². The summed E-state index contributed by atoms with van der Waals surface area (Å²) in [6, 6.07) is 63.6. The van der Waals surface area contributed by atoms with Crippen molar-refractivity contribution in [3.8, 4) is 45.3 Å². The van der Waals surface area contributed by atoms with Gasteiger partial charge in [-0.15, -0.1) is 12.1 Å². The molecule has 7 aromatic carbocycles. The van der Waals surface area contributed by atoms with Gasteiger partial charge >= 0.3 is 20.4 Å². The van der Waals surface area contributed by atoms with Crippen LogP contribution in [0, 0.1) is 12.1 Å². The zero-order valence-electron chi connectivity index (χ0n) is 28.7. The molecule has 0 radical (unpaired) electrons. The molecular formula is C48H28N4OPd. The van der Waals surface area contributed by atoms with E-state index in [-0.39, 0.29) is 20.4 Å². The molecule has 0 spiro atoms. The van der Waals surface area contributed by atoms with Crippen molar-refractivity contribution in [2.45, 2.75) is 0 Å². The molecule has 54 heavy (non-hydrogen) atoms. The molecule has 11 aromatic rings. The third kappa shape index (κ3) is 5.04. The molecule has 0 atom stereocenters. The van der Waals surface area contributed by atoms with Crippen LogP contribution in [0.5, 0.6) is 11.5 Å². The van der Waals surface area contributed by atoms with Crippen molar-refractivity contribution in [3.63, 3.8) is 0 Å². The van der Waals surface area contributed by atoms with Gasteiger partial charge in [-0.3, -0.25) is 9.97 Å². The van der Waals surface area contributed by atoms with Crippen molar-refractivity contribution in [2.24, 2.45) is 0 Å².